The number of allylic oxidation sites excluding steroid dienone is 3. The van der Waals surface area contributed by atoms with Crippen molar-refractivity contribution in [2.24, 2.45) is 10.9 Å². The van der Waals surface area contributed by atoms with Crippen LogP contribution in [0.3, 0.4) is 0 Å². The summed E-state index contributed by atoms with van der Waals surface area (Å²) < 4.78 is 0. The van der Waals surface area contributed by atoms with Gasteiger partial charge in [-0.1, -0.05) is 26.5 Å². The Hall–Kier alpha value is -1.84. The zero-order valence-electron chi connectivity index (χ0n) is 12.3. The molecule has 0 bridgehead atoms. The summed E-state index contributed by atoms with van der Waals surface area (Å²) in [4.78, 5) is 6.51. The first kappa shape index (κ1) is 15.2. The summed E-state index contributed by atoms with van der Waals surface area (Å²) in [6.45, 7) is 12.3. The Kier molecular flexibility index (Phi) is 5.55. The Labute approximate surface area is 116 Å². The molecule has 2 unspecified atom stereocenters. The Bertz CT molecular complexity index is 431. The highest BCUT2D eigenvalue weighted by Crippen LogP contribution is 2.37. The lowest BCUT2D eigenvalue weighted by molar-refractivity contribution is 0.618. The van der Waals surface area contributed by atoms with Gasteiger partial charge in [0, 0.05) is 17.3 Å². The van der Waals surface area contributed by atoms with Gasteiger partial charge in [-0.2, -0.15) is 0 Å². The highest BCUT2D eigenvalue weighted by molar-refractivity contribution is 5.66. The van der Waals surface area contributed by atoms with Crippen molar-refractivity contribution >= 4 is 12.7 Å². The fourth-order valence-corrected chi connectivity index (χ4v) is 2.47. The summed E-state index contributed by atoms with van der Waals surface area (Å²) in [6.07, 6.45) is 7.91. The molecule has 0 fully saturated rings. The summed E-state index contributed by atoms with van der Waals surface area (Å²) in [5.74, 6) is 0.403. The molecule has 104 valence electrons. The Balaban J connectivity index is 3.05. The number of nitrogens with zero attached hydrogens (tertiary/aromatic N) is 2. The molecule has 0 aromatic heterocycles. The highest BCUT2D eigenvalue weighted by atomic mass is 15.2. The van der Waals surface area contributed by atoms with Gasteiger partial charge in [-0.3, -0.25) is 10.4 Å². The fraction of sp³-hybridized carbons (Fsp3) is 0.467. The van der Waals surface area contributed by atoms with E-state index in [0.29, 0.717) is 5.92 Å². The molecule has 0 saturated heterocycles. The number of hydrogen-bond donors (Lipinski definition) is 2. The first-order valence-corrected chi connectivity index (χ1v) is 6.69. The van der Waals surface area contributed by atoms with Crippen molar-refractivity contribution < 1.29 is 0 Å². The van der Waals surface area contributed by atoms with Crippen LogP contribution in [0.2, 0.25) is 0 Å². The molecular weight excluding hydrogens is 236 g/mol. The van der Waals surface area contributed by atoms with Crippen LogP contribution >= 0.6 is 0 Å². The molecule has 4 nitrogen and oxygen atoms in total. The normalized spacial score (nSPS) is 23.3. The highest BCUT2D eigenvalue weighted by Gasteiger charge is 2.29. The van der Waals surface area contributed by atoms with Gasteiger partial charge in [0.25, 0.3) is 0 Å². The van der Waals surface area contributed by atoms with Gasteiger partial charge in [0.1, 0.15) is 6.17 Å². The monoisotopic (exact) mass is 260 g/mol. The molecule has 0 aromatic carbocycles. The molecule has 0 amide bonds. The van der Waals surface area contributed by atoms with Crippen LogP contribution in [-0.4, -0.2) is 23.7 Å². The molecule has 4 heteroatoms. The van der Waals surface area contributed by atoms with Crippen molar-refractivity contribution in [3.63, 3.8) is 0 Å². The van der Waals surface area contributed by atoms with E-state index in [0.717, 1.165) is 18.5 Å². The van der Waals surface area contributed by atoms with Crippen LogP contribution in [0.15, 0.2) is 40.7 Å². The van der Waals surface area contributed by atoms with Crippen molar-refractivity contribution in [2.45, 2.75) is 40.3 Å². The van der Waals surface area contributed by atoms with Gasteiger partial charge in [-0.25, -0.2) is 0 Å². The Morgan fingerprint density at radius 2 is 2.26 bits per heavy atom. The van der Waals surface area contributed by atoms with Crippen LogP contribution in [-0.2, 0) is 0 Å². The summed E-state index contributed by atoms with van der Waals surface area (Å²) in [5.41, 5.74) is 3.76. The summed E-state index contributed by atoms with van der Waals surface area (Å²) >= 11 is 0. The third-order valence-corrected chi connectivity index (χ3v) is 3.43. The van der Waals surface area contributed by atoms with Crippen LogP contribution in [0, 0.1) is 11.3 Å². The molecule has 19 heavy (non-hydrogen) atoms. The van der Waals surface area contributed by atoms with E-state index in [9.17, 15) is 0 Å². The maximum Gasteiger partial charge on any atom is 0.118 e. The van der Waals surface area contributed by atoms with Gasteiger partial charge in [0.15, 0.2) is 0 Å². The van der Waals surface area contributed by atoms with Crippen LogP contribution in [0.1, 0.15) is 34.1 Å². The van der Waals surface area contributed by atoms with Crippen molar-refractivity contribution in [1.82, 2.24) is 10.2 Å². The first-order chi connectivity index (χ1) is 9.10. The number of rotatable bonds is 6. The van der Waals surface area contributed by atoms with E-state index in [2.05, 4.69) is 41.7 Å². The smallest absolute Gasteiger partial charge is 0.118 e. The van der Waals surface area contributed by atoms with Gasteiger partial charge in [-0.15, -0.1) is 0 Å². The van der Waals surface area contributed by atoms with E-state index in [-0.39, 0.29) is 6.17 Å². The average Bonchev–Trinajstić information content (AvgIpc) is 2.67. The minimum atomic E-state index is -0.109. The molecule has 1 aliphatic heterocycles. The molecule has 1 rings (SSSR count). The molecule has 2 N–H and O–H groups in total. The fourth-order valence-electron chi connectivity index (χ4n) is 2.47. The van der Waals surface area contributed by atoms with E-state index in [4.69, 9.17) is 5.41 Å². The molecule has 0 aromatic rings. The minimum Gasteiger partial charge on any atom is -0.355 e. The van der Waals surface area contributed by atoms with Gasteiger partial charge in [-0.05, 0) is 31.9 Å². The number of hydrogen-bond acceptors (Lipinski definition) is 2. The molecule has 2 atom stereocenters. The second kappa shape index (κ2) is 6.92. The van der Waals surface area contributed by atoms with E-state index >= 15 is 0 Å². The molecule has 0 saturated carbocycles. The quantitative estimate of drug-likeness (QED) is 0.569. The van der Waals surface area contributed by atoms with E-state index in [1.54, 1.807) is 0 Å². The average molecular weight is 260 g/mol. The van der Waals surface area contributed by atoms with Crippen LogP contribution < -0.4 is 5.32 Å². The third-order valence-electron chi connectivity index (χ3n) is 3.43. The molecule has 0 radical (unpaired) electrons. The topological polar surface area (TPSA) is 51.5 Å². The Morgan fingerprint density at radius 3 is 2.74 bits per heavy atom. The van der Waals surface area contributed by atoms with E-state index in [1.165, 1.54) is 11.3 Å². The predicted molar refractivity (Wildman–Crippen MR) is 82.1 cm³/mol. The maximum absolute atomic E-state index is 7.01. The molecule has 1 aliphatic rings. The predicted octanol–water partition coefficient (Wildman–Crippen LogP) is 3.26. The van der Waals surface area contributed by atoms with E-state index in [1.807, 2.05) is 26.3 Å². The molecular formula is C15H24N4. The molecule has 0 spiro atoms. The van der Waals surface area contributed by atoms with Crippen LogP contribution in [0.5, 0.6) is 0 Å². The van der Waals surface area contributed by atoms with Crippen LogP contribution in [0.4, 0.5) is 0 Å². The first-order valence-electron chi connectivity index (χ1n) is 6.69. The second-order valence-corrected chi connectivity index (χ2v) is 4.52. The van der Waals surface area contributed by atoms with Gasteiger partial charge in [0.2, 0.25) is 0 Å². The molecule has 0 aliphatic carbocycles. The van der Waals surface area contributed by atoms with Gasteiger partial charge < -0.3 is 10.2 Å². The molecule has 1 heterocycles. The lowest BCUT2D eigenvalue weighted by Gasteiger charge is -2.19. The van der Waals surface area contributed by atoms with Crippen molar-refractivity contribution in [2.75, 3.05) is 0 Å². The SMILES string of the molecule is C=CC1=C(CC)C(C)/C(=C\C)N1/C=N/C(C)NC=N. The third kappa shape index (κ3) is 3.13. The number of aliphatic imine (C=N–C) groups is 1. The lowest BCUT2D eigenvalue weighted by Crippen LogP contribution is -2.24. The zero-order chi connectivity index (χ0) is 14.4. The summed E-state index contributed by atoms with van der Waals surface area (Å²) in [7, 11) is 0. The van der Waals surface area contributed by atoms with Gasteiger partial charge in [0.05, 0.1) is 12.7 Å². The second-order valence-electron chi connectivity index (χ2n) is 4.52. The number of nitrogens with one attached hydrogen (secondary N) is 2. The summed E-state index contributed by atoms with van der Waals surface area (Å²) in [5, 5.41) is 9.83. The standard InChI is InChI=1S/C15H24N4/c1-6-13-11(4)14(7-2)19(15(13)8-3)10-18-12(5)17-9-16/h7-12H,3,6H2,1-2,4-5H3,(H2,16,17)/b14-7+,18-10+. The van der Waals surface area contributed by atoms with Gasteiger partial charge >= 0.3 is 0 Å². The van der Waals surface area contributed by atoms with Crippen molar-refractivity contribution in [3.8, 4) is 0 Å². The van der Waals surface area contributed by atoms with Crippen molar-refractivity contribution in [1.29, 1.82) is 5.41 Å². The zero-order valence-corrected chi connectivity index (χ0v) is 12.3. The Morgan fingerprint density at radius 1 is 1.58 bits per heavy atom. The largest absolute Gasteiger partial charge is 0.355 e. The minimum absolute atomic E-state index is 0.109. The maximum atomic E-state index is 7.01. The summed E-state index contributed by atoms with van der Waals surface area (Å²) in [6, 6.07) is 0. The lowest BCUT2D eigenvalue weighted by atomic mass is 9.98. The van der Waals surface area contributed by atoms with Crippen molar-refractivity contribution in [3.05, 3.63) is 35.7 Å². The van der Waals surface area contributed by atoms with E-state index < -0.39 is 0 Å². The van der Waals surface area contributed by atoms with Crippen LogP contribution in [0.25, 0.3) is 0 Å².